The molecule has 1 aromatic heterocycles. The number of carbonyl (C=O) groups excluding carboxylic acids is 2. The quantitative estimate of drug-likeness (QED) is 0.777. The van der Waals surface area contributed by atoms with Crippen molar-refractivity contribution >= 4 is 11.8 Å². The van der Waals surface area contributed by atoms with Gasteiger partial charge in [0.15, 0.2) is 5.76 Å². The molecule has 0 fully saturated rings. The number of furan rings is 1. The highest BCUT2D eigenvalue weighted by atomic mass is 16.3. The minimum atomic E-state index is -0.565. The van der Waals surface area contributed by atoms with E-state index in [-0.39, 0.29) is 30.7 Å². The van der Waals surface area contributed by atoms with Gasteiger partial charge < -0.3 is 19.7 Å². The number of rotatable bonds is 7. The average Bonchev–Trinajstić information content (AvgIpc) is 2.88. The third-order valence-electron chi connectivity index (χ3n) is 2.74. The molecule has 1 rings (SSSR count). The number of hydrogen-bond donors (Lipinski definition) is 2. The van der Waals surface area contributed by atoms with Gasteiger partial charge in [0.05, 0.1) is 18.9 Å². The van der Waals surface area contributed by atoms with E-state index >= 15 is 0 Å². The molecule has 0 radical (unpaired) electrons. The molecule has 6 heteroatoms. The number of nitrogens with zero attached hydrogens (tertiary/aromatic N) is 1. The van der Waals surface area contributed by atoms with Gasteiger partial charge in [0.25, 0.3) is 5.91 Å². The molecule has 0 aliphatic rings. The number of aliphatic hydroxyl groups excluding tert-OH is 1. The zero-order chi connectivity index (χ0) is 15.1. The molecule has 6 nitrogen and oxygen atoms in total. The van der Waals surface area contributed by atoms with Crippen LogP contribution in [0, 0.1) is 5.92 Å². The van der Waals surface area contributed by atoms with Crippen molar-refractivity contribution in [3.05, 3.63) is 24.2 Å². The highest BCUT2D eigenvalue weighted by Gasteiger charge is 2.17. The topological polar surface area (TPSA) is 82.8 Å². The summed E-state index contributed by atoms with van der Waals surface area (Å²) in [5.41, 5.74) is 0. The fraction of sp³-hybridized carbons (Fsp3) is 0.571. The van der Waals surface area contributed by atoms with Crippen LogP contribution in [-0.2, 0) is 4.79 Å². The average molecular weight is 282 g/mol. The standard InChI is InChI=1S/C14H22N2O4/c1-10(2)7-11(17)8-15-13(18)9-16(3)14(19)12-5-4-6-20-12/h4-6,10-11,17H,7-9H2,1-3H3,(H,15,18). The van der Waals surface area contributed by atoms with E-state index in [1.165, 1.54) is 18.2 Å². The summed E-state index contributed by atoms with van der Waals surface area (Å²) in [6.45, 7) is 4.12. The maximum Gasteiger partial charge on any atom is 0.289 e. The fourth-order valence-corrected chi connectivity index (χ4v) is 1.79. The number of hydrogen-bond acceptors (Lipinski definition) is 4. The summed E-state index contributed by atoms with van der Waals surface area (Å²) in [6.07, 6.45) is 1.47. The maximum absolute atomic E-state index is 11.8. The first-order chi connectivity index (χ1) is 9.40. The Morgan fingerprint density at radius 1 is 1.45 bits per heavy atom. The molecule has 0 aliphatic heterocycles. The smallest absolute Gasteiger partial charge is 0.289 e. The van der Waals surface area contributed by atoms with Crippen molar-refractivity contribution in [3.63, 3.8) is 0 Å². The molecular weight excluding hydrogens is 260 g/mol. The van der Waals surface area contributed by atoms with Gasteiger partial charge in [0.2, 0.25) is 5.91 Å². The van der Waals surface area contributed by atoms with Gasteiger partial charge in [0.1, 0.15) is 0 Å². The van der Waals surface area contributed by atoms with Gasteiger partial charge in [-0.05, 0) is 24.5 Å². The number of aliphatic hydroxyl groups is 1. The van der Waals surface area contributed by atoms with Gasteiger partial charge >= 0.3 is 0 Å². The van der Waals surface area contributed by atoms with Crippen LogP contribution in [0.4, 0.5) is 0 Å². The van der Waals surface area contributed by atoms with Crippen LogP contribution < -0.4 is 5.32 Å². The van der Waals surface area contributed by atoms with Crippen LogP contribution in [0.1, 0.15) is 30.8 Å². The first-order valence-electron chi connectivity index (χ1n) is 6.64. The van der Waals surface area contributed by atoms with Gasteiger partial charge in [-0.3, -0.25) is 9.59 Å². The van der Waals surface area contributed by atoms with Crippen LogP contribution in [-0.4, -0.2) is 48.1 Å². The zero-order valence-electron chi connectivity index (χ0n) is 12.1. The Kier molecular flexibility index (Phi) is 6.24. The summed E-state index contributed by atoms with van der Waals surface area (Å²) in [7, 11) is 1.52. The third kappa shape index (κ3) is 5.44. The number of amides is 2. The number of likely N-dealkylation sites (N-methyl/N-ethyl adjacent to an activating group) is 1. The summed E-state index contributed by atoms with van der Waals surface area (Å²) < 4.78 is 4.98. The van der Waals surface area contributed by atoms with E-state index in [0.29, 0.717) is 12.3 Å². The summed E-state index contributed by atoms with van der Waals surface area (Å²) in [5, 5.41) is 12.3. The molecular formula is C14H22N2O4. The second-order valence-corrected chi connectivity index (χ2v) is 5.23. The molecule has 2 N–H and O–H groups in total. The van der Waals surface area contributed by atoms with Gasteiger partial charge in [-0.15, -0.1) is 0 Å². The monoisotopic (exact) mass is 282 g/mol. The van der Waals surface area contributed by atoms with Crippen molar-refractivity contribution in [2.24, 2.45) is 5.92 Å². The van der Waals surface area contributed by atoms with Gasteiger partial charge in [-0.1, -0.05) is 13.8 Å². The van der Waals surface area contributed by atoms with E-state index in [9.17, 15) is 14.7 Å². The predicted molar refractivity (Wildman–Crippen MR) is 74.1 cm³/mol. The highest BCUT2D eigenvalue weighted by Crippen LogP contribution is 2.04. The molecule has 1 atom stereocenters. The van der Waals surface area contributed by atoms with Crippen molar-refractivity contribution in [2.75, 3.05) is 20.1 Å². The van der Waals surface area contributed by atoms with Gasteiger partial charge in [0, 0.05) is 13.6 Å². The van der Waals surface area contributed by atoms with Crippen molar-refractivity contribution in [1.29, 1.82) is 0 Å². The Bertz CT molecular complexity index is 428. The van der Waals surface area contributed by atoms with Crippen LogP contribution in [0.5, 0.6) is 0 Å². The van der Waals surface area contributed by atoms with Gasteiger partial charge in [-0.2, -0.15) is 0 Å². The van der Waals surface area contributed by atoms with E-state index in [0.717, 1.165) is 0 Å². The second-order valence-electron chi connectivity index (χ2n) is 5.23. The molecule has 0 aromatic carbocycles. The third-order valence-corrected chi connectivity index (χ3v) is 2.74. The first-order valence-corrected chi connectivity index (χ1v) is 6.64. The largest absolute Gasteiger partial charge is 0.459 e. The van der Waals surface area contributed by atoms with E-state index in [1.807, 2.05) is 13.8 Å². The Labute approximate surface area is 118 Å². The lowest BCUT2D eigenvalue weighted by molar-refractivity contribution is -0.122. The zero-order valence-corrected chi connectivity index (χ0v) is 12.1. The van der Waals surface area contributed by atoms with E-state index in [1.54, 1.807) is 12.1 Å². The van der Waals surface area contributed by atoms with Crippen LogP contribution in [0.3, 0.4) is 0 Å². The Balaban J connectivity index is 2.33. The van der Waals surface area contributed by atoms with Crippen molar-refractivity contribution < 1.29 is 19.1 Å². The van der Waals surface area contributed by atoms with Crippen LogP contribution >= 0.6 is 0 Å². The minimum Gasteiger partial charge on any atom is -0.459 e. The normalized spacial score (nSPS) is 12.2. The lowest BCUT2D eigenvalue weighted by atomic mass is 10.1. The second kappa shape index (κ2) is 7.69. The van der Waals surface area contributed by atoms with E-state index in [4.69, 9.17) is 4.42 Å². The van der Waals surface area contributed by atoms with Crippen LogP contribution in [0.15, 0.2) is 22.8 Å². The molecule has 1 unspecified atom stereocenters. The summed E-state index contributed by atoms with van der Waals surface area (Å²) in [6, 6.07) is 3.16. The summed E-state index contributed by atoms with van der Waals surface area (Å²) in [4.78, 5) is 24.8. The van der Waals surface area contributed by atoms with Crippen LogP contribution in [0.2, 0.25) is 0 Å². The molecule has 1 aromatic rings. The van der Waals surface area contributed by atoms with Crippen molar-refractivity contribution in [2.45, 2.75) is 26.4 Å². The lowest BCUT2D eigenvalue weighted by Crippen LogP contribution is -2.41. The number of nitrogens with one attached hydrogen (secondary N) is 1. The summed E-state index contributed by atoms with van der Waals surface area (Å²) >= 11 is 0. The molecule has 1 heterocycles. The minimum absolute atomic E-state index is 0.0755. The molecule has 0 saturated carbocycles. The first kappa shape index (κ1) is 16.2. The Morgan fingerprint density at radius 3 is 2.70 bits per heavy atom. The Morgan fingerprint density at radius 2 is 2.15 bits per heavy atom. The van der Waals surface area contributed by atoms with Crippen molar-refractivity contribution in [3.8, 4) is 0 Å². The molecule has 0 saturated heterocycles. The molecule has 20 heavy (non-hydrogen) atoms. The predicted octanol–water partition coefficient (Wildman–Crippen LogP) is 0.875. The Hall–Kier alpha value is -1.82. The van der Waals surface area contributed by atoms with Gasteiger partial charge in [-0.25, -0.2) is 0 Å². The SMILES string of the molecule is CC(C)CC(O)CNC(=O)CN(C)C(=O)c1ccco1. The highest BCUT2D eigenvalue weighted by molar-refractivity contribution is 5.94. The molecule has 0 aliphatic carbocycles. The van der Waals surface area contributed by atoms with E-state index < -0.39 is 6.10 Å². The number of carbonyl (C=O) groups is 2. The van der Waals surface area contributed by atoms with Crippen LogP contribution in [0.25, 0.3) is 0 Å². The van der Waals surface area contributed by atoms with E-state index in [2.05, 4.69) is 5.32 Å². The molecule has 0 spiro atoms. The van der Waals surface area contributed by atoms with Crippen molar-refractivity contribution in [1.82, 2.24) is 10.2 Å². The fourth-order valence-electron chi connectivity index (χ4n) is 1.79. The maximum atomic E-state index is 11.8. The molecule has 0 bridgehead atoms. The lowest BCUT2D eigenvalue weighted by Gasteiger charge is -2.17. The summed E-state index contributed by atoms with van der Waals surface area (Å²) in [5.74, 6) is -0.103. The molecule has 2 amide bonds. The molecule has 112 valence electrons.